The molecule has 0 unspecified atom stereocenters. The summed E-state index contributed by atoms with van der Waals surface area (Å²) in [6, 6.07) is 8.83. The molecule has 1 aromatic rings. The molecule has 0 saturated heterocycles. The van der Waals surface area contributed by atoms with Gasteiger partial charge in [-0.2, -0.15) is 0 Å². The van der Waals surface area contributed by atoms with E-state index in [1.165, 1.54) is 5.56 Å². The highest BCUT2D eigenvalue weighted by Gasteiger charge is 2.20. The Kier molecular flexibility index (Phi) is 4.43. The molecule has 2 nitrogen and oxygen atoms in total. The molecule has 3 heteroatoms. The second-order valence-corrected chi connectivity index (χ2v) is 5.39. The molecule has 17 heavy (non-hydrogen) atoms. The molecule has 1 saturated carbocycles. The fourth-order valence-electron chi connectivity index (χ4n) is 2.47. The fourth-order valence-corrected chi connectivity index (χ4v) is 2.67. The van der Waals surface area contributed by atoms with Gasteiger partial charge in [0.15, 0.2) is 0 Å². The Morgan fingerprint density at radius 3 is 2.65 bits per heavy atom. The van der Waals surface area contributed by atoms with E-state index in [9.17, 15) is 5.11 Å². The van der Waals surface area contributed by atoms with Crippen molar-refractivity contribution >= 4 is 11.6 Å². The van der Waals surface area contributed by atoms with Crippen molar-refractivity contribution in [2.45, 2.75) is 50.8 Å². The Bertz CT molecular complexity index is 361. The summed E-state index contributed by atoms with van der Waals surface area (Å²) in [7, 11) is 0. The molecule has 1 aliphatic rings. The third kappa shape index (κ3) is 3.70. The molecule has 0 aliphatic heterocycles. The minimum atomic E-state index is -0.0884. The van der Waals surface area contributed by atoms with Crippen LogP contribution in [0.1, 0.15) is 44.2 Å². The van der Waals surface area contributed by atoms with Crippen LogP contribution in [-0.2, 0) is 0 Å². The van der Waals surface area contributed by atoms with Gasteiger partial charge in [-0.05, 0) is 50.3 Å². The average molecular weight is 254 g/mol. The molecule has 2 N–H and O–H groups in total. The quantitative estimate of drug-likeness (QED) is 0.867. The molecule has 2 rings (SSSR count). The maximum atomic E-state index is 9.47. The first-order valence-corrected chi connectivity index (χ1v) is 6.72. The number of aliphatic hydroxyl groups excluding tert-OH is 1. The van der Waals surface area contributed by atoms with E-state index in [1.807, 2.05) is 18.2 Å². The minimum Gasteiger partial charge on any atom is -0.393 e. The second kappa shape index (κ2) is 5.85. The largest absolute Gasteiger partial charge is 0.393 e. The van der Waals surface area contributed by atoms with E-state index in [-0.39, 0.29) is 6.10 Å². The van der Waals surface area contributed by atoms with Crippen LogP contribution in [0.3, 0.4) is 0 Å². The fraction of sp³-hybridized carbons (Fsp3) is 0.571. The molecule has 94 valence electrons. The second-order valence-electron chi connectivity index (χ2n) is 4.95. The van der Waals surface area contributed by atoms with Crippen molar-refractivity contribution in [1.82, 2.24) is 5.32 Å². The van der Waals surface area contributed by atoms with E-state index in [4.69, 9.17) is 11.6 Å². The van der Waals surface area contributed by atoms with Crippen LogP contribution in [-0.4, -0.2) is 17.3 Å². The van der Waals surface area contributed by atoms with Gasteiger partial charge in [0.25, 0.3) is 0 Å². The van der Waals surface area contributed by atoms with Crippen LogP contribution < -0.4 is 5.32 Å². The number of halogens is 1. The molecular weight excluding hydrogens is 234 g/mol. The highest BCUT2D eigenvalue weighted by atomic mass is 35.5. The summed E-state index contributed by atoms with van der Waals surface area (Å²) in [6.07, 6.45) is 3.87. The van der Waals surface area contributed by atoms with Gasteiger partial charge in [0, 0.05) is 17.1 Å². The van der Waals surface area contributed by atoms with Gasteiger partial charge >= 0.3 is 0 Å². The summed E-state index contributed by atoms with van der Waals surface area (Å²) in [5.74, 6) is 0. The molecule has 0 aromatic heterocycles. The smallest absolute Gasteiger partial charge is 0.0541 e. The van der Waals surface area contributed by atoms with E-state index in [0.29, 0.717) is 12.1 Å². The van der Waals surface area contributed by atoms with Gasteiger partial charge in [0.1, 0.15) is 0 Å². The van der Waals surface area contributed by atoms with Crippen LogP contribution in [0, 0.1) is 0 Å². The Balaban J connectivity index is 1.90. The van der Waals surface area contributed by atoms with Gasteiger partial charge in [-0.25, -0.2) is 0 Å². The van der Waals surface area contributed by atoms with Crippen LogP contribution in [0.4, 0.5) is 0 Å². The number of nitrogens with one attached hydrogen (secondary N) is 1. The van der Waals surface area contributed by atoms with Gasteiger partial charge in [0.2, 0.25) is 0 Å². The van der Waals surface area contributed by atoms with Crippen LogP contribution >= 0.6 is 11.6 Å². The first-order valence-electron chi connectivity index (χ1n) is 6.34. The predicted octanol–water partition coefficient (Wildman–Crippen LogP) is 3.29. The average Bonchev–Trinajstić information content (AvgIpc) is 2.32. The molecule has 0 amide bonds. The van der Waals surface area contributed by atoms with Gasteiger partial charge in [-0.15, -0.1) is 0 Å². The first-order chi connectivity index (χ1) is 8.15. The number of benzene rings is 1. The van der Waals surface area contributed by atoms with Crippen molar-refractivity contribution < 1.29 is 5.11 Å². The molecule has 0 spiro atoms. The van der Waals surface area contributed by atoms with Gasteiger partial charge in [-0.1, -0.05) is 23.7 Å². The lowest BCUT2D eigenvalue weighted by molar-refractivity contribution is 0.114. The Morgan fingerprint density at radius 1 is 1.29 bits per heavy atom. The normalized spacial score (nSPS) is 26.8. The van der Waals surface area contributed by atoms with Gasteiger partial charge in [0.05, 0.1) is 6.10 Å². The summed E-state index contributed by atoms with van der Waals surface area (Å²) in [4.78, 5) is 0. The summed E-state index contributed by atoms with van der Waals surface area (Å²) in [5, 5.41) is 13.9. The maximum Gasteiger partial charge on any atom is 0.0541 e. The molecule has 1 fully saturated rings. The van der Waals surface area contributed by atoms with E-state index in [0.717, 1.165) is 30.7 Å². The van der Waals surface area contributed by atoms with Crippen molar-refractivity contribution in [2.75, 3.05) is 0 Å². The van der Waals surface area contributed by atoms with Gasteiger partial charge in [-0.3, -0.25) is 0 Å². The number of hydrogen-bond acceptors (Lipinski definition) is 2. The topological polar surface area (TPSA) is 32.3 Å². The molecular formula is C14H20ClNO. The van der Waals surface area contributed by atoms with Crippen LogP contribution in [0.5, 0.6) is 0 Å². The lowest BCUT2D eigenvalue weighted by Crippen LogP contribution is -2.36. The van der Waals surface area contributed by atoms with E-state index in [2.05, 4.69) is 18.3 Å². The highest BCUT2D eigenvalue weighted by Crippen LogP contribution is 2.23. The zero-order chi connectivity index (χ0) is 12.3. The highest BCUT2D eigenvalue weighted by molar-refractivity contribution is 6.30. The van der Waals surface area contributed by atoms with Crippen LogP contribution in [0.25, 0.3) is 0 Å². The lowest BCUT2D eigenvalue weighted by atomic mass is 9.92. The van der Waals surface area contributed by atoms with Gasteiger partial charge < -0.3 is 10.4 Å². The predicted molar refractivity (Wildman–Crippen MR) is 71.3 cm³/mol. The Morgan fingerprint density at radius 2 is 2.00 bits per heavy atom. The Labute approximate surface area is 108 Å². The van der Waals surface area contributed by atoms with Crippen molar-refractivity contribution in [3.8, 4) is 0 Å². The van der Waals surface area contributed by atoms with Crippen molar-refractivity contribution in [3.63, 3.8) is 0 Å². The van der Waals surface area contributed by atoms with E-state index in [1.54, 1.807) is 0 Å². The molecule has 0 radical (unpaired) electrons. The summed E-state index contributed by atoms with van der Waals surface area (Å²) >= 11 is 5.99. The number of aliphatic hydroxyl groups is 1. The molecule has 1 aliphatic carbocycles. The van der Waals surface area contributed by atoms with E-state index >= 15 is 0 Å². The van der Waals surface area contributed by atoms with Crippen molar-refractivity contribution in [1.29, 1.82) is 0 Å². The third-order valence-electron chi connectivity index (χ3n) is 3.53. The van der Waals surface area contributed by atoms with Crippen molar-refractivity contribution in [2.24, 2.45) is 0 Å². The summed E-state index contributed by atoms with van der Waals surface area (Å²) in [6.45, 7) is 2.16. The monoisotopic (exact) mass is 253 g/mol. The molecule has 0 heterocycles. The Hall–Kier alpha value is -0.570. The number of hydrogen-bond donors (Lipinski definition) is 2. The zero-order valence-electron chi connectivity index (χ0n) is 10.2. The van der Waals surface area contributed by atoms with Crippen LogP contribution in [0.15, 0.2) is 24.3 Å². The lowest BCUT2D eigenvalue weighted by Gasteiger charge is -2.29. The minimum absolute atomic E-state index is 0.0884. The standard InChI is InChI=1S/C14H20ClNO/c1-10(11-3-2-4-12(15)9-11)16-13-5-7-14(17)8-6-13/h2-4,9-10,13-14,16-17H,5-8H2,1H3/t10-,13?,14?/m0/s1. The maximum absolute atomic E-state index is 9.47. The molecule has 1 atom stereocenters. The van der Waals surface area contributed by atoms with E-state index < -0.39 is 0 Å². The third-order valence-corrected chi connectivity index (χ3v) is 3.77. The summed E-state index contributed by atoms with van der Waals surface area (Å²) in [5.41, 5.74) is 1.23. The SMILES string of the molecule is C[C@H](NC1CCC(O)CC1)c1cccc(Cl)c1. The first kappa shape index (κ1) is 12.9. The van der Waals surface area contributed by atoms with Crippen LogP contribution in [0.2, 0.25) is 5.02 Å². The summed E-state index contributed by atoms with van der Waals surface area (Å²) < 4.78 is 0. The zero-order valence-corrected chi connectivity index (χ0v) is 11.0. The number of rotatable bonds is 3. The van der Waals surface area contributed by atoms with Crippen molar-refractivity contribution in [3.05, 3.63) is 34.9 Å². The molecule has 0 bridgehead atoms. The molecule has 1 aromatic carbocycles.